The standard InChI is InChI=1S/C13H20ClNO2/c1-9(2)15-6-5-10-7-13(17-4)11(14)8-12(10)16-3/h7-9,15H,5-6H2,1-4H3. The summed E-state index contributed by atoms with van der Waals surface area (Å²) in [6, 6.07) is 4.21. The monoisotopic (exact) mass is 257 g/mol. The Morgan fingerprint density at radius 3 is 2.35 bits per heavy atom. The summed E-state index contributed by atoms with van der Waals surface area (Å²) in [5.74, 6) is 1.49. The summed E-state index contributed by atoms with van der Waals surface area (Å²) in [5.41, 5.74) is 1.10. The van der Waals surface area contributed by atoms with Crippen molar-refractivity contribution in [2.45, 2.75) is 26.3 Å². The van der Waals surface area contributed by atoms with E-state index in [9.17, 15) is 0 Å². The minimum absolute atomic E-state index is 0.482. The third-order valence-electron chi connectivity index (χ3n) is 2.50. The van der Waals surface area contributed by atoms with Gasteiger partial charge in [-0.25, -0.2) is 0 Å². The molecule has 0 spiro atoms. The fourth-order valence-electron chi connectivity index (χ4n) is 1.61. The van der Waals surface area contributed by atoms with Crippen molar-refractivity contribution in [3.8, 4) is 11.5 Å². The largest absolute Gasteiger partial charge is 0.496 e. The van der Waals surface area contributed by atoms with Crippen LogP contribution in [0.4, 0.5) is 0 Å². The van der Waals surface area contributed by atoms with Crippen LogP contribution in [0.3, 0.4) is 0 Å². The third kappa shape index (κ3) is 4.10. The zero-order chi connectivity index (χ0) is 12.8. The van der Waals surface area contributed by atoms with E-state index in [2.05, 4.69) is 19.2 Å². The molecule has 0 aliphatic heterocycles. The smallest absolute Gasteiger partial charge is 0.137 e. The Labute approximate surface area is 108 Å². The van der Waals surface area contributed by atoms with Crippen LogP contribution >= 0.6 is 11.6 Å². The summed E-state index contributed by atoms with van der Waals surface area (Å²) < 4.78 is 10.5. The van der Waals surface area contributed by atoms with Crippen LogP contribution in [0.25, 0.3) is 0 Å². The van der Waals surface area contributed by atoms with Gasteiger partial charge in [-0.3, -0.25) is 0 Å². The Hall–Kier alpha value is -0.930. The Morgan fingerprint density at radius 2 is 1.82 bits per heavy atom. The van der Waals surface area contributed by atoms with E-state index in [0.29, 0.717) is 16.8 Å². The van der Waals surface area contributed by atoms with E-state index in [1.807, 2.05) is 6.07 Å². The van der Waals surface area contributed by atoms with E-state index in [1.54, 1.807) is 20.3 Å². The SMILES string of the molecule is COc1cc(CCNC(C)C)c(OC)cc1Cl. The van der Waals surface area contributed by atoms with Gasteiger partial charge in [-0.1, -0.05) is 25.4 Å². The van der Waals surface area contributed by atoms with Gasteiger partial charge in [0.25, 0.3) is 0 Å². The molecule has 0 atom stereocenters. The van der Waals surface area contributed by atoms with Crippen LogP contribution in [-0.2, 0) is 6.42 Å². The highest BCUT2D eigenvalue weighted by atomic mass is 35.5. The molecule has 1 N–H and O–H groups in total. The van der Waals surface area contributed by atoms with E-state index in [4.69, 9.17) is 21.1 Å². The second kappa shape index (κ2) is 6.72. The molecule has 0 bridgehead atoms. The molecule has 0 fully saturated rings. The predicted molar refractivity (Wildman–Crippen MR) is 71.4 cm³/mol. The third-order valence-corrected chi connectivity index (χ3v) is 2.80. The van der Waals surface area contributed by atoms with Crippen molar-refractivity contribution in [3.05, 3.63) is 22.7 Å². The van der Waals surface area contributed by atoms with Crippen LogP contribution in [0.15, 0.2) is 12.1 Å². The van der Waals surface area contributed by atoms with Crippen molar-refractivity contribution >= 4 is 11.6 Å². The molecule has 4 heteroatoms. The topological polar surface area (TPSA) is 30.5 Å². The van der Waals surface area contributed by atoms with Gasteiger partial charge in [0.05, 0.1) is 19.2 Å². The molecule has 0 aliphatic carbocycles. The highest BCUT2D eigenvalue weighted by Gasteiger charge is 2.09. The van der Waals surface area contributed by atoms with Gasteiger partial charge in [-0.05, 0) is 24.6 Å². The van der Waals surface area contributed by atoms with E-state index >= 15 is 0 Å². The summed E-state index contributed by atoms with van der Waals surface area (Å²) in [7, 11) is 3.27. The molecule has 0 heterocycles. The van der Waals surface area contributed by atoms with Crippen molar-refractivity contribution in [1.29, 1.82) is 0 Å². The maximum absolute atomic E-state index is 6.04. The number of methoxy groups -OCH3 is 2. The zero-order valence-corrected chi connectivity index (χ0v) is 11.6. The number of nitrogens with one attached hydrogen (secondary N) is 1. The molecular weight excluding hydrogens is 238 g/mol. The zero-order valence-electron chi connectivity index (χ0n) is 10.8. The van der Waals surface area contributed by atoms with Crippen molar-refractivity contribution in [2.75, 3.05) is 20.8 Å². The quantitative estimate of drug-likeness (QED) is 0.850. The molecule has 0 radical (unpaired) electrons. The summed E-state index contributed by atoms with van der Waals surface area (Å²) in [6.45, 7) is 5.15. The first-order valence-electron chi connectivity index (χ1n) is 5.72. The molecule has 17 heavy (non-hydrogen) atoms. The minimum Gasteiger partial charge on any atom is -0.496 e. The fourth-order valence-corrected chi connectivity index (χ4v) is 1.85. The molecule has 0 unspecified atom stereocenters. The van der Waals surface area contributed by atoms with Crippen LogP contribution in [-0.4, -0.2) is 26.8 Å². The van der Waals surface area contributed by atoms with E-state index in [1.165, 1.54) is 0 Å². The summed E-state index contributed by atoms with van der Waals surface area (Å²) >= 11 is 6.04. The Bertz CT molecular complexity index is 367. The summed E-state index contributed by atoms with van der Waals surface area (Å²) in [4.78, 5) is 0. The van der Waals surface area contributed by atoms with E-state index in [-0.39, 0.29) is 0 Å². The van der Waals surface area contributed by atoms with Crippen LogP contribution in [0.1, 0.15) is 19.4 Å². The highest BCUT2D eigenvalue weighted by molar-refractivity contribution is 6.32. The lowest BCUT2D eigenvalue weighted by atomic mass is 10.1. The molecule has 0 saturated heterocycles. The van der Waals surface area contributed by atoms with Gasteiger partial charge < -0.3 is 14.8 Å². The number of halogens is 1. The van der Waals surface area contributed by atoms with Crippen LogP contribution in [0.5, 0.6) is 11.5 Å². The Balaban J connectivity index is 2.81. The van der Waals surface area contributed by atoms with Gasteiger partial charge in [0.2, 0.25) is 0 Å². The van der Waals surface area contributed by atoms with Gasteiger partial charge in [0.15, 0.2) is 0 Å². The molecular formula is C13H20ClNO2. The first-order chi connectivity index (χ1) is 8.08. The van der Waals surface area contributed by atoms with Crippen LogP contribution < -0.4 is 14.8 Å². The average molecular weight is 258 g/mol. The maximum Gasteiger partial charge on any atom is 0.137 e. The lowest BCUT2D eigenvalue weighted by Crippen LogP contribution is -2.25. The molecule has 0 aliphatic rings. The van der Waals surface area contributed by atoms with Crippen molar-refractivity contribution in [1.82, 2.24) is 5.32 Å². The first kappa shape index (κ1) is 14.1. The highest BCUT2D eigenvalue weighted by Crippen LogP contribution is 2.32. The molecule has 0 aromatic heterocycles. The molecule has 0 amide bonds. The number of hydrogen-bond donors (Lipinski definition) is 1. The lowest BCUT2D eigenvalue weighted by Gasteiger charge is -2.13. The Morgan fingerprint density at radius 1 is 1.18 bits per heavy atom. The number of ether oxygens (including phenoxy) is 2. The minimum atomic E-state index is 0.482. The summed E-state index contributed by atoms with van der Waals surface area (Å²) in [5, 5.41) is 3.94. The molecule has 96 valence electrons. The van der Waals surface area contributed by atoms with Crippen LogP contribution in [0, 0.1) is 0 Å². The predicted octanol–water partition coefficient (Wildman–Crippen LogP) is 2.90. The van der Waals surface area contributed by atoms with Gasteiger partial charge >= 0.3 is 0 Å². The van der Waals surface area contributed by atoms with Crippen molar-refractivity contribution < 1.29 is 9.47 Å². The van der Waals surface area contributed by atoms with Gasteiger partial charge in [0, 0.05) is 12.1 Å². The van der Waals surface area contributed by atoms with Crippen LogP contribution in [0.2, 0.25) is 5.02 Å². The Kier molecular flexibility index (Phi) is 5.59. The van der Waals surface area contributed by atoms with Gasteiger partial charge in [-0.15, -0.1) is 0 Å². The summed E-state index contributed by atoms with van der Waals surface area (Å²) in [6.07, 6.45) is 0.884. The molecule has 1 aromatic rings. The normalized spacial score (nSPS) is 10.7. The number of benzene rings is 1. The van der Waals surface area contributed by atoms with Crippen molar-refractivity contribution in [3.63, 3.8) is 0 Å². The van der Waals surface area contributed by atoms with Crippen molar-refractivity contribution in [2.24, 2.45) is 0 Å². The number of hydrogen-bond acceptors (Lipinski definition) is 3. The van der Waals surface area contributed by atoms with E-state index < -0.39 is 0 Å². The van der Waals surface area contributed by atoms with E-state index in [0.717, 1.165) is 24.3 Å². The molecule has 1 aromatic carbocycles. The maximum atomic E-state index is 6.04. The van der Waals surface area contributed by atoms with Gasteiger partial charge in [-0.2, -0.15) is 0 Å². The molecule has 1 rings (SSSR count). The first-order valence-corrected chi connectivity index (χ1v) is 6.10. The second-order valence-electron chi connectivity index (χ2n) is 4.16. The molecule has 0 saturated carbocycles. The van der Waals surface area contributed by atoms with Gasteiger partial charge in [0.1, 0.15) is 11.5 Å². The second-order valence-corrected chi connectivity index (χ2v) is 4.56. The lowest BCUT2D eigenvalue weighted by molar-refractivity contribution is 0.398. The number of rotatable bonds is 6. The molecule has 3 nitrogen and oxygen atoms in total. The average Bonchev–Trinajstić information content (AvgIpc) is 2.30. The fraction of sp³-hybridized carbons (Fsp3) is 0.538.